The summed E-state index contributed by atoms with van der Waals surface area (Å²) in [5, 5.41) is 0. The standard InChI is InChI=1S/C11H12I2O2/c12-6-11(13)7-14-10(15-8-11)9-4-2-1-3-5-9/h1-5,10H,6-8H2. The van der Waals surface area contributed by atoms with E-state index in [0.717, 1.165) is 23.2 Å². The monoisotopic (exact) mass is 430 g/mol. The summed E-state index contributed by atoms with van der Waals surface area (Å²) < 4.78 is 12.7. The van der Waals surface area contributed by atoms with Gasteiger partial charge < -0.3 is 9.47 Å². The van der Waals surface area contributed by atoms with E-state index in [4.69, 9.17) is 9.47 Å². The van der Waals surface area contributed by atoms with Gasteiger partial charge in [-0.1, -0.05) is 75.5 Å². The molecule has 0 radical (unpaired) electrons. The summed E-state index contributed by atoms with van der Waals surface area (Å²) >= 11 is 4.80. The molecule has 2 rings (SSSR count). The highest BCUT2D eigenvalue weighted by Crippen LogP contribution is 2.33. The second kappa shape index (κ2) is 5.29. The van der Waals surface area contributed by atoms with Gasteiger partial charge in [-0.2, -0.15) is 0 Å². The van der Waals surface area contributed by atoms with Crippen molar-refractivity contribution in [1.82, 2.24) is 0 Å². The van der Waals surface area contributed by atoms with Crippen LogP contribution < -0.4 is 0 Å². The Bertz CT molecular complexity index is 308. The SMILES string of the molecule is ICC1(I)COC(c2ccccc2)OC1. The van der Waals surface area contributed by atoms with Gasteiger partial charge in [0.05, 0.1) is 16.6 Å². The number of hydrogen-bond acceptors (Lipinski definition) is 2. The maximum absolute atomic E-state index is 5.74. The average Bonchev–Trinajstić information content (AvgIpc) is 2.31. The molecule has 0 aromatic heterocycles. The van der Waals surface area contributed by atoms with Gasteiger partial charge in [-0.15, -0.1) is 0 Å². The van der Waals surface area contributed by atoms with E-state index in [1.54, 1.807) is 0 Å². The summed E-state index contributed by atoms with van der Waals surface area (Å²) in [5.41, 5.74) is 1.10. The Labute approximate surface area is 117 Å². The smallest absolute Gasteiger partial charge is 0.183 e. The van der Waals surface area contributed by atoms with Crippen LogP contribution >= 0.6 is 45.2 Å². The summed E-state index contributed by atoms with van der Waals surface area (Å²) in [5.74, 6) is 0. The molecule has 0 aliphatic carbocycles. The van der Waals surface area contributed by atoms with Crippen LogP contribution in [-0.4, -0.2) is 21.1 Å². The summed E-state index contributed by atoms with van der Waals surface area (Å²) in [4.78, 5) is 0. The predicted octanol–water partition coefficient (Wildman–Crippen LogP) is 3.34. The Morgan fingerprint density at radius 3 is 2.33 bits per heavy atom. The second-order valence-corrected chi connectivity index (χ2v) is 6.70. The van der Waals surface area contributed by atoms with Crippen molar-refractivity contribution in [2.45, 2.75) is 9.71 Å². The van der Waals surface area contributed by atoms with E-state index in [9.17, 15) is 0 Å². The lowest BCUT2D eigenvalue weighted by molar-refractivity contribution is -0.190. The molecule has 1 aliphatic heterocycles. The fraction of sp³-hybridized carbons (Fsp3) is 0.455. The first-order valence-electron chi connectivity index (χ1n) is 4.77. The lowest BCUT2D eigenvalue weighted by Crippen LogP contribution is -2.41. The number of ether oxygens (including phenoxy) is 2. The molecule has 1 heterocycles. The number of alkyl halides is 2. The predicted molar refractivity (Wildman–Crippen MR) is 76.7 cm³/mol. The molecule has 82 valence electrons. The maximum atomic E-state index is 5.74. The molecule has 1 aromatic rings. The van der Waals surface area contributed by atoms with Gasteiger partial charge in [-0.3, -0.25) is 0 Å². The minimum absolute atomic E-state index is 0.142. The van der Waals surface area contributed by atoms with Crippen molar-refractivity contribution in [3.05, 3.63) is 35.9 Å². The van der Waals surface area contributed by atoms with Crippen molar-refractivity contribution in [3.8, 4) is 0 Å². The topological polar surface area (TPSA) is 18.5 Å². The zero-order valence-corrected chi connectivity index (χ0v) is 12.5. The van der Waals surface area contributed by atoms with Gasteiger partial charge in [-0.05, 0) is 0 Å². The van der Waals surface area contributed by atoms with Crippen LogP contribution in [0, 0.1) is 0 Å². The van der Waals surface area contributed by atoms with Crippen LogP contribution in [0.15, 0.2) is 30.3 Å². The minimum atomic E-state index is -0.183. The molecule has 1 aromatic carbocycles. The number of rotatable bonds is 2. The van der Waals surface area contributed by atoms with Gasteiger partial charge in [0.25, 0.3) is 0 Å². The van der Waals surface area contributed by atoms with Crippen LogP contribution in [-0.2, 0) is 9.47 Å². The van der Waals surface area contributed by atoms with E-state index in [1.165, 1.54) is 0 Å². The lowest BCUT2D eigenvalue weighted by Gasteiger charge is -2.34. The first kappa shape index (κ1) is 12.1. The van der Waals surface area contributed by atoms with Crippen LogP contribution in [0.25, 0.3) is 0 Å². The molecule has 0 atom stereocenters. The number of hydrogen-bond donors (Lipinski definition) is 0. The Morgan fingerprint density at radius 2 is 1.80 bits per heavy atom. The molecule has 0 bridgehead atoms. The van der Waals surface area contributed by atoms with Crippen LogP contribution in [0.5, 0.6) is 0 Å². The molecule has 2 nitrogen and oxygen atoms in total. The Balaban J connectivity index is 2.00. The Hall–Kier alpha value is 0.600. The van der Waals surface area contributed by atoms with E-state index in [2.05, 4.69) is 45.2 Å². The summed E-state index contributed by atoms with van der Waals surface area (Å²) in [7, 11) is 0. The fourth-order valence-corrected chi connectivity index (χ4v) is 2.22. The van der Waals surface area contributed by atoms with E-state index < -0.39 is 0 Å². The first-order valence-corrected chi connectivity index (χ1v) is 7.37. The molecule has 0 amide bonds. The largest absolute Gasteiger partial charge is 0.347 e. The van der Waals surface area contributed by atoms with E-state index in [1.807, 2.05) is 30.3 Å². The van der Waals surface area contributed by atoms with Crippen molar-refractivity contribution < 1.29 is 9.47 Å². The molecule has 0 N–H and O–H groups in total. The molecule has 0 spiro atoms. The van der Waals surface area contributed by atoms with Crippen molar-refractivity contribution in [1.29, 1.82) is 0 Å². The highest BCUT2D eigenvalue weighted by Gasteiger charge is 2.33. The van der Waals surface area contributed by atoms with Gasteiger partial charge in [-0.25, -0.2) is 0 Å². The molecule has 4 heteroatoms. The van der Waals surface area contributed by atoms with Crippen LogP contribution in [0.1, 0.15) is 11.9 Å². The maximum Gasteiger partial charge on any atom is 0.183 e. The lowest BCUT2D eigenvalue weighted by atomic mass is 10.1. The van der Waals surface area contributed by atoms with Crippen molar-refractivity contribution in [2.24, 2.45) is 0 Å². The van der Waals surface area contributed by atoms with E-state index >= 15 is 0 Å². The third kappa shape index (κ3) is 3.04. The minimum Gasteiger partial charge on any atom is -0.347 e. The fourth-order valence-electron chi connectivity index (χ4n) is 1.42. The highest BCUT2D eigenvalue weighted by molar-refractivity contribution is 14.1. The Morgan fingerprint density at radius 1 is 1.20 bits per heavy atom. The molecular formula is C11H12I2O2. The normalized spacial score (nSPS) is 31.5. The van der Waals surface area contributed by atoms with Crippen molar-refractivity contribution in [3.63, 3.8) is 0 Å². The molecule has 15 heavy (non-hydrogen) atoms. The molecule has 0 saturated carbocycles. The van der Waals surface area contributed by atoms with Crippen LogP contribution in [0.2, 0.25) is 0 Å². The third-order valence-electron chi connectivity index (χ3n) is 2.30. The van der Waals surface area contributed by atoms with Gasteiger partial charge in [0.1, 0.15) is 0 Å². The Kier molecular flexibility index (Phi) is 4.25. The second-order valence-electron chi connectivity index (χ2n) is 3.65. The van der Waals surface area contributed by atoms with Gasteiger partial charge >= 0.3 is 0 Å². The average molecular weight is 430 g/mol. The van der Waals surface area contributed by atoms with E-state index in [-0.39, 0.29) is 9.71 Å². The number of halogens is 2. The van der Waals surface area contributed by atoms with Crippen molar-refractivity contribution >= 4 is 45.2 Å². The van der Waals surface area contributed by atoms with Crippen molar-refractivity contribution in [2.75, 3.05) is 17.6 Å². The van der Waals surface area contributed by atoms with Crippen LogP contribution in [0.3, 0.4) is 0 Å². The van der Waals surface area contributed by atoms with Crippen LogP contribution in [0.4, 0.5) is 0 Å². The molecule has 0 unspecified atom stereocenters. The molecule has 1 saturated heterocycles. The highest BCUT2D eigenvalue weighted by atomic mass is 127. The van der Waals surface area contributed by atoms with Gasteiger partial charge in [0.15, 0.2) is 6.29 Å². The van der Waals surface area contributed by atoms with Gasteiger partial charge in [0.2, 0.25) is 0 Å². The summed E-state index contributed by atoms with van der Waals surface area (Å²) in [6, 6.07) is 10.1. The van der Waals surface area contributed by atoms with Gasteiger partial charge in [0, 0.05) is 9.99 Å². The summed E-state index contributed by atoms with van der Waals surface area (Å²) in [6.07, 6.45) is -0.183. The third-order valence-corrected chi connectivity index (χ3v) is 6.22. The molecular weight excluding hydrogens is 418 g/mol. The quantitative estimate of drug-likeness (QED) is 0.530. The number of benzene rings is 1. The molecule has 1 fully saturated rings. The zero-order chi connectivity index (χ0) is 10.7. The zero-order valence-electron chi connectivity index (χ0n) is 8.16. The molecule has 1 aliphatic rings. The first-order chi connectivity index (χ1) is 7.23. The summed E-state index contributed by atoms with van der Waals surface area (Å²) in [6.45, 7) is 1.52. The van der Waals surface area contributed by atoms with E-state index in [0.29, 0.717) is 0 Å².